The zero-order valence-corrected chi connectivity index (χ0v) is 11.6. The lowest BCUT2D eigenvalue weighted by Gasteiger charge is -2.30. The number of piperidine rings is 1. The maximum Gasteiger partial charge on any atom is 0.244 e. The molecule has 0 radical (unpaired) electrons. The second-order valence-corrected chi connectivity index (χ2v) is 5.16. The summed E-state index contributed by atoms with van der Waals surface area (Å²) >= 11 is 0. The Morgan fingerprint density at radius 2 is 2.00 bits per heavy atom. The van der Waals surface area contributed by atoms with E-state index in [4.69, 9.17) is 0 Å². The third-order valence-corrected chi connectivity index (χ3v) is 3.68. The van der Waals surface area contributed by atoms with Crippen LogP contribution in [0.15, 0.2) is 18.2 Å². The highest BCUT2D eigenvalue weighted by Crippen LogP contribution is 2.19. The van der Waals surface area contributed by atoms with Crippen molar-refractivity contribution in [3.8, 4) is 0 Å². The van der Waals surface area contributed by atoms with Gasteiger partial charge in [0.25, 0.3) is 0 Å². The van der Waals surface area contributed by atoms with Crippen LogP contribution in [-0.4, -0.2) is 29.9 Å². The van der Waals surface area contributed by atoms with Crippen molar-refractivity contribution in [3.63, 3.8) is 0 Å². The van der Waals surface area contributed by atoms with Crippen LogP contribution in [0, 0.1) is 12.7 Å². The van der Waals surface area contributed by atoms with Gasteiger partial charge in [0.15, 0.2) is 0 Å². The Labute approximate surface area is 113 Å². The zero-order valence-electron chi connectivity index (χ0n) is 11.6. The molecule has 1 amide bonds. The number of rotatable bonds is 3. The SMILES string of the molecule is Cc1c(F)cccc1NC(C)C(=O)N1CCCCC1. The number of carbonyl (C=O) groups is 1. The van der Waals surface area contributed by atoms with E-state index in [0.717, 1.165) is 25.9 Å². The molecule has 19 heavy (non-hydrogen) atoms. The average molecular weight is 264 g/mol. The van der Waals surface area contributed by atoms with E-state index in [9.17, 15) is 9.18 Å². The van der Waals surface area contributed by atoms with Gasteiger partial charge < -0.3 is 10.2 Å². The number of likely N-dealkylation sites (tertiary alicyclic amines) is 1. The zero-order chi connectivity index (χ0) is 13.8. The van der Waals surface area contributed by atoms with Crippen molar-refractivity contribution in [2.75, 3.05) is 18.4 Å². The molecule has 0 saturated carbocycles. The molecule has 1 aromatic carbocycles. The number of hydrogen-bond donors (Lipinski definition) is 1. The van der Waals surface area contributed by atoms with Crippen LogP contribution in [0.3, 0.4) is 0 Å². The van der Waals surface area contributed by atoms with Gasteiger partial charge in [-0.2, -0.15) is 0 Å². The Bertz CT molecular complexity index is 455. The average Bonchev–Trinajstić information content (AvgIpc) is 2.44. The summed E-state index contributed by atoms with van der Waals surface area (Å²) in [6, 6.07) is 4.57. The van der Waals surface area contributed by atoms with E-state index in [1.807, 2.05) is 11.8 Å². The van der Waals surface area contributed by atoms with Crippen molar-refractivity contribution in [3.05, 3.63) is 29.6 Å². The molecular formula is C15H21FN2O. The van der Waals surface area contributed by atoms with E-state index in [2.05, 4.69) is 5.32 Å². The van der Waals surface area contributed by atoms with Gasteiger partial charge in [0, 0.05) is 24.3 Å². The van der Waals surface area contributed by atoms with Gasteiger partial charge in [-0.3, -0.25) is 4.79 Å². The fourth-order valence-electron chi connectivity index (χ4n) is 2.45. The van der Waals surface area contributed by atoms with E-state index < -0.39 is 0 Å². The monoisotopic (exact) mass is 264 g/mol. The van der Waals surface area contributed by atoms with Crippen LogP contribution in [-0.2, 0) is 4.79 Å². The largest absolute Gasteiger partial charge is 0.374 e. The van der Waals surface area contributed by atoms with Crippen LogP contribution in [0.4, 0.5) is 10.1 Å². The number of amides is 1. The minimum absolute atomic E-state index is 0.100. The Kier molecular flexibility index (Phi) is 4.40. The molecule has 1 aliphatic heterocycles. The molecule has 104 valence electrons. The summed E-state index contributed by atoms with van der Waals surface area (Å²) in [5, 5.41) is 3.12. The summed E-state index contributed by atoms with van der Waals surface area (Å²) < 4.78 is 13.5. The quantitative estimate of drug-likeness (QED) is 0.910. The molecule has 1 aromatic rings. The molecular weight excluding hydrogens is 243 g/mol. The molecule has 1 fully saturated rings. The molecule has 1 N–H and O–H groups in total. The summed E-state index contributed by atoms with van der Waals surface area (Å²) in [5.74, 6) is -0.147. The van der Waals surface area contributed by atoms with Gasteiger partial charge in [-0.25, -0.2) is 4.39 Å². The minimum Gasteiger partial charge on any atom is -0.374 e. The molecule has 1 heterocycles. The second kappa shape index (κ2) is 6.04. The summed E-state index contributed by atoms with van der Waals surface area (Å²) in [6.07, 6.45) is 3.36. The van der Waals surface area contributed by atoms with Crippen LogP contribution in [0.1, 0.15) is 31.7 Å². The fourth-order valence-corrected chi connectivity index (χ4v) is 2.45. The number of halogens is 1. The third kappa shape index (κ3) is 3.25. The molecule has 1 aliphatic rings. The molecule has 1 atom stereocenters. The van der Waals surface area contributed by atoms with Gasteiger partial charge in [-0.05, 0) is 45.2 Å². The first-order chi connectivity index (χ1) is 9.09. The summed E-state index contributed by atoms with van der Waals surface area (Å²) in [5.41, 5.74) is 1.25. The molecule has 1 saturated heterocycles. The van der Waals surface area contributed by atoms with Crippen LogP contribution in [0.5, 0.6) is 0 Å². The van der Waals surface area contributed by atoms with Crippen molar-refractivity contribution in [2.45, 2.75) is 39.2 Å². The summed E-state index contributed by atoms with van der Waals surface area (Å²) in [7, 11) is 0. The maximum absolute atomic E-state index is 13.5. The lowest BCUT2D eigenvalue weighted by atomic mass is 10.1. The van der Waals surface area contributed by atoms with Crippen molar-refractivity contribution in [2.24, 2.45) is 0 Å². The standard InChI is InChI=1S/C15H21FN2O/c1-11-13(16)7-6-8-14(11)17-12(2)15(19)18-9-4-3-5-10-18/h6-8,12,17H,3-5,9-10H2,1-2H3. The predicted molar refractivity (Wildman–Crippen MR) is 74.7 cm³/mol. The van der Waals surface area contributed by atoms with Gasteiger partial charge in [-0.1, -0.05) is 6.07 Å². The summed E-state index contributed by atoms with van der Waals surface area (Å²) in [4.78, 5) is 14.2. The Balaban J connectivity index is 2.01. The van der Waals surface area contributed by atoms with Crippen molar-refractivity contribution < 1.29 is 9.18 Å². The van der Waals surface area contributed by atoms with Gasteiger partial charge in [0.1, 0.15) is 11.9 Å². The first-order valence-corrected chi connectivity index (χ1v) is 6.90. The molecule has 0 aliphatic carbocycles. The van der Waals surface area contributed by atoms with Crippen LogP contribution < -0.4 is 5.32 Å². The van der Waals surface area contributed by atoms with E-state index >= 15 is 0 Å². The number of nitrogens with zero attached hydrogens (tertiary/aromatic N) is 1. The fraction of sp³-hybridized carbons (Fsp3) is 0.533. The lowest BCUT2D eigenvalue weighted by molar-refractivity contribution is -0.132. The Morgan fingerprint density at radius 1 is 1.32 bits per heavy atom. The van der Waals surface area contributed by atoms with Gasteiger partial charge in [0.05, 0.1) is 0 Å². The number of nitrogens with one attached hydrogen (secondary N) is 1. The third-order valence-electron chi connectivity index (χ3n) is 3.68. The van der Waals surface area contributed by atoms with Gasteiger partial charge in [0.2, 0.25) is 5.91 Å². The second-order valence-electron chi connectivity index (χ2n) is 5.16. The summed E-state index contributed by atoms with van der Waals surface area (Å²) in [6.45, 7) is 5.23. The predicted octanol–water partition coefficient (Wildman–Crippen LogP) is 2.95. The highest BCUT2D eigenvalue weighted by molar-refractivity contribution is 5.84. The highest BCUT2D eigenvalue weighted by Gasteiger charge is 2.22. The van der Waals surface area contributed by atoms with E-state index in [1.165, 1.54) is 12.5 Å². The number of benzene rings is 1. The van der Waals surface area contributed by atoms with E-state index in [1.54, 1.807) is 19.1 Å². The number of hydrogen-bond acceptors (Lipinski definition) is 2. The van der Waals surface area contributed by atoms with E-state index in [-0.39, 0.29) is 17.8 Å². The molecule has 0 spiro atoms. The number of anilines is 1. The molecule has 3 nitrogen and oxygen atoms in total. The molecule has 0 bridgehead atoms. The van der Waals surface area contributed by atoms with Gasteiger partial charge in [-0.15, -0.1) is 0 Å². The Morgan fingerprint density at radius 3 is 2.68 bits per heavy atom. The van der Waals surface area contributed by atoms with Crippen LogP contribution >= 0.6 is 0 Å². The number of carbonyl (C=O) groups excluding carboxylic acids is 1. The van der Waals surface area contributed by atoms with Crippen LogP contribution in [0.25, 0.3) is 0 Å². The molecule has 1 unspecified atom stereocenters. The lowest BCUT2D eigenvalue weighted by Crippen LogP contribution is -2.44. The van der Waals surface area contributed by atoms with Crippen molar-refractivity contribution in [1.29, 1.82) is 0 Å². The normalized spacial score (nSPS) is 17.1. The molecule has 2 rings (SSSR count). The van der Waals surface area contributed by atoms with Crippen molar-refractivity contribution in [1.82, 2.24) is 4.90 Å². The Hall–Kier alpha value is -1.58. The van der Waals surface area contributed by atoms with E-state index in [0.29, 0.717) is 11.3 Å². The highest BCUT2D eigenvalue weighted by atomic mass is 19.1. The first-order valence-electron chi connectivity index (χ1n) is 6.90. The first kappa shape index (κ1) is 13.8. The minimum atomic E-state index is -0.321. The molecule has 4 heteroatoms. The van der Waals surface area contributed by atoms with Crippen LogP contribution in [0.2, 0.25) is 0 Å². The van der Waals surface area contributed by atoms with Gasteiger partial charge >= 0.3 is 0 Å². The van der Waals surface area contributed by atoms with Crippen molar-refractivity contribution >= 4 is 11.6 Å². The molecule has 0 aromatic heterocycles. The smallest absolute Gasteiger partial charge is 0.244 e. The maximum atomic E-state index is 13.5. The topological polar surface area (TPSA) is 32.3 Å².